The fourth-order valence-electron chi connectivity index (χ4n) is 2.69. The molecule has 0 bridgehead atoms. The lowest BCUT2D eigenvalue weighted by atomic mass is 9.87. The van der Waals surface area contributed by atoms with Crippen LogP contribution in [0, 0.1) is 0 Å². The normalized spacial score (nSPS) is 11.6. The smallest absolute Gasteiger partial charge is 0.223 e. The van der Waals surface area contributed by atoms with Crippen molar-refractivity contribution in [2.24, 2.45) is 0 Å². The molecule has 2 aromatic carbocycles. The van der Waals surface area contributed by atoms with Gasteiger partial charge in [0.1, 0.15) is 5.75 Å². The van der Waals surface area contributed by atoms with Crippen molar-refractivity contribution >= 4 is 11.8 Å². The van der Waals surface area contributed by atoms with Crippen LogP contribution < -0.4 is 4.74 Å². The summed E-state index contributed by atoms with van der Waals surface area (Å²) >= 11 is 1.64. The molecule has 3 nitrogen and oxygen atoms in total. The molecule has 0 saturated heterocycles. The van der Waals surface area contributed by atoms with E-state index >= 15 is 0 Å². The van der Waals surface area contributed by atoms with Crippen molar-refractivity contribution in [1.29, 1.82) is 0 Å². The van der Waals surface area contributed by atoms with Gasteiger partial charge in [-0.05, 0) is 34.6 Å². The summed E-state index contributed by atoms with van der Waals surface area (Å²) in [5.74, 6) is 2.52. The minimum Gasteiger partial charge on any atom is -0.439 e. The highest BCUT2D eigenvalue weighted by Gasteiger charge is 2.13. The number of benzene rings is 2. The van der Waals surface area contributed by atoms with Crippen LogP contribution in [0.15, 0.2) is 65.8 Å². The van der Waals surface area contributed by atoms with Crippen LogP contribution in [-0.2, 0) is 11.2 Å². The van der Waals surface area contributed by atoms with Gasteiger partial charge in [-0.25, -0.2) is 4.98 Å². The summed E-state index contributed by atoms with van der Waals surface area (Å²) in [6, 6.07) is 20.5. The molecule has 28 heavy (non-hydrogen) atoms. The second-order valence-corrected chi connectivity index (χ2v) is 9.16. The lowest BCUT2D eigenvalue weighted by Crippen LogP contribution is -2.10. The maximum absolute atomic E-state index is 5.95. The topological polar surface area (TPSA) is 35.0 Å². The molecule has 0 N–H and O–H groups in total. The summed E-state index contributed by atoms with van der Waals surface area (Å²) < 4.78 is 5.95. The van der Waals surface area contributed by atoms with Crippen molar-refractivity contribution in [3.63, 3.8) is 0 Å². The van der Waals surface area contributed by atoms with Crippen molar-refractivity contribution in [2.75, 3.05) is 0 Å². The summed E-state index contributed by atoms with van der Waals surface area (Å²) in [4.78, 5) is 9.33. The predicted octanol–water partition coefficient (Wildman–Crippen LogP) is 6.98. The molecule has 3 aromatic rings. The molecule has 1 aromatic heterocycles. The molecule has 0 atom stereocenters. The van der Waals surface area contributed by atoms with Gasteiger partial charge in [0.15, 0.2) is 5.16 Å². The molecule has 0 amide bonds. The van der Waals surface area contributed by atoms with E-state index < -0.39 is 0 Å². The van der Waals surface area contributed by atoms with E-state index in [1.54, 1.807) is 11.8 Å². The molecule has 0 aliphatic carbocycles. The number of hydrogen-bond donors (Lipinski definition) is 0. The quantitative estimate of drug-likeness (QED) is 0.335. The standard InChI is InChI=1S/C24H28N2OS/c1-17(2)21-15-22(27-20-9-7-6-8-10-20)26-23(25-21)28-16-18-11-13-19(14-12-18)24(3,4)5/h6-15,17H,16H2,1-5H3. The average Bonchev–Trinajstić information content (AvgIpc) is 2.66. The SMILES string of the molecule is CC(C)c1cc(Oc2ccccc2)nc(SCc2ccc(C(C)(C)C)cc2)n1. The van der Waals surface area contributed by atoms with Crippen molar-refractivity contribution in [3.05, 3.63) is 77.5 Å². The maximum atomic E-state index is 5.95. The van der Waals surface area contributed by atoms with Crippen LogP contribution in [0.25, 0.3) is 0 Å². The zero-order chi connectivity index (χ0) is 20.1. The number of hydrogen-bond acceptors (Lipinski definition) is 4. The molecule has 0 radical (unpaired) electrons. The van der Waals surface area contributed by atoms with Gasteiger partial charge < -0.3 is 4.74 Å². The Morgan fingerprint density at radius 2 is 1.61 bits per heavy atom. The van der Waals surface area contributed by atoms with Crippen LogP contribution in [0.4, 0.5) is 0 Å². The Morgan fingerprint density at radius 3 is 2.21 bits per heavy atom. The number of thioether (sulfide) groups is 1. The molecule has 0 fully saturated rings. The highest BCUT2D eigenvalue weighted by Crippen LogP contribution is 2.28. The number of para-hydroxylation sites is 1. The van der Waals surface area contributed by atoms with Crippen LogP contribution in [0.1, 0.15) is 57.4 Å². The summed E-state index contributed by atoms with van der Waals surface area (Å²) in [5, 5.41) is 0.747. The Labute approximate surface area is 172 Å². The molecule has 0 aliphatic heterocycles. The highest BCUT2D eigenvalue weighted by molar-refractivity contribution is 7.98. The zero-order valence-electron chi connectivity index (χ0n) is 17.3. The maximum Gasteiger partial charge on any atom is 0.223 e. The third-order valence-electron chi connectivity index (χ3n) is 4.45. The van der Waals surface area contributed by atoms with Gasteiger partial charge in [-0.1, -0.05) is 88.8 Å². The van der Waals surface area contributed by atoms with Crippen molar-refractivity contribution in [3.8, 4) is 11.6 Å². The summed E-state index contributed by atoms with van der Waals surface area (Å²) in [5.41, 5.74) is 3.77. The Hall–Kier alpha value is -2.33. The first-order chi connectivity index (χ1) is 13.3. The van der Waals surface area contributed by atoms with E-state index in [-0.39, 0.29) is 5.41 Å². The molecule has 3 rings (SSSR count). The molecule has 4 heteroatoms. The number of ether oxygens (including phenoxy) is 1. The predicted molar refractivity (Wildman–Crippen MR) is 117 cm³/mol. The third kappa shape index (κ3) is 5.59. The Morgan fingerprint density at radius 1 is 0.929 bits per heavy atom. The first kappa shape index (κ1) is 20.4. The lowest BCUT2D eigenvalue weighted by molar-refractivity contribution is 0.453. The van der Waals surface area contributed by atoms with Gasteiger partial charge in [0.25, 0.3) is 0 Å². The molecule has 0 unspecified atom stereocenters. The van der Waals surface area contributed by atoms with Crippen molar-refractivity contribution < 1.29 is 4.74 Å². The fourth-order valence-corrected chi connectivity index (χ4v) is 3.50. The average molecular weight is 393 g/mol. The number of rotatable bonds is 6. The Kier molecular flexibility index (Phi) is 6.40. The van der Waals surface area contributed by atoms with Crippen LogP contribution in [0.3, 0.4) is 0 Å². The van der Waals surface area contributed by atoms with E-state index in [4.69, 9.17) is 9.72 Å². The van der Waals surface area contributed by atoms with Crippen LogP contribution in [0.2, 0.25) is 0 Å². The monoisotopic (exact) mass is 392 g/mol. The summed E-state index contributed by atoms with van der Waals surface area (Å²) in [7, 11) is 0. The van der Waals surface area contributed by atoms with E-state index in [2.05, 4.69) is 63.9 Å². The largest absolute Gasteiger partial charge is 0.439 e. The van der Waals surface area contributed by atoms with Gasteiger partial charge in [-0.2, -0.15) is 4.98 Å². The third-order valence-corrected chi connectivity index (χ3v) is 5.37. The van der Waals surface area contributed by atoms with Gasteiger partial charge in [0.05, 0.1) is 5.69 Å². The Balaban J connectivity index is 1.75. The van der Waals surface area contributed by atoms with E-state index in [1.165, 1.54) is 11.1 Å². The van der Waals surface area contributed by atoms with Gasteiger partial charge >= 0.3 is 0 Å². The molecule has 0 aliphatic rings. The van der Waals surface area contributed by atoms with Gasteiger partial charge in [-0.3, -0.25) is 0 Å². The number of aromatic nitrogens is 2. The van der Waals surface area contributed by atoms with Gasteiger partial charge in [-0.15, -0.1) is 0 Å². The highest BCUT2D eigenvalue weighted by atomic mass is 32.2. The second kappa shape index (κ2) is 8.78. The lowest BCUT2D eigenvalue weighted by Gasteiger charge is -2.19. The molecule has 0 saturated carbocycles. The van der Waals surface area contributed by atoms with E-state index in [9.17, 15) is 0 Å². The van der Waals surface area contributed by atoms with E-state index in [1.807, 2.05) is 36.4 Å². The molecule has 1 heterocycles. The van der Waals surface area contributed by atoms with Crippen LogP contribution >= 0.6 is 11.8 Å². The van der Waals surface area contributed by atoms with E-state index in [0.29, 0.717) is 11.8 Å². The fraction of sp³-hybridized carbons (Fsp3) is 0.333. The molecular formula is C24H28N2OS. The van der Waals surface area contributed by atoms with Gasteiger partial charge in [0, 0.05) is 11.8 Å². The second-order valence-electron chi connectivity index (χ2n) is 8.22. The number of nitrogens with zero attached hydrogens (tertiary/aromatic N) is 2. The van der Waals surface area contributed by atoms with Crippen molar-refractivity contribution in [1.82, 2.24) is 9.97 Å². The zero-order valence-corrected chi connectivity index (χ0v) is 18.1. The molecular weight excluding hydrogens is 364 g/mol. The molecule has 0 spiro atoms. The summed E-state index contributed by atoms with van der Waals surface area (Å²) in [6.07, 6.45) is 0. The Bertz CT molecular complexity index is 900. The van der Waals surface area contributed by atoms with Crippen LogP contribution in [-0.4, -0.2) is 9.97 Å². The first-order valence-electron chi connectivity index (χ1n) is 9.65. The summed E-state index contributed by atoms with van der Waals surface area (Å²) in [6.45, 7) is 11.0. The minimum atomic E-state index is 0.171. The van der Waals surface area contributed by atoms with Crippen molar-refractivity contribution in [2.45, 2.75) is 56.9 Å². The minimum absolute atomic E-state index is 0.171. The van der Waals surface area contributed by atoms with Gasteiger partial charge in [0.2, 0.25) is 5.88 Å². The first-order valence-corrected chi connectivity index (χ1v) is 10.6. The van der Waals surface area contributed by atoms with Crippen LogP contribution in [0.5, 0.6) is 11.6 Å². The molecule has 146 valence electrons. The van der Waals surface area contributed by atoms with E-state index in [0.717, 1.165) is 22.4 Å².